The molecule has 0 aromatic carbocycles. The Balaban J connectivity index is 1.82. The normalized spacial score (nSPS) is 18.2. The Labute approximate surface area is 141 Å². The third-order valence-corrected chi connectivity index (χ3v) is 5.37. The number of rotatable bonds is 6. The van der Waals surface area contributed by atoms with Crippen LogP contribution in [-0.4, -0.2) is 64.9 Å². The Hall–Kier alpha value is -0.630. The summed E-state index contributed by atoms with van der Waals surface area (Å²) < 4.78 is 0. The summed E-state index contributed by atoms with van der Waals surface area (Å²) in [5.41, 5.74) is 7.16. The Morgan fingerprint density at radius 1 is 1.45 bits per heavy atom. The molecule has 7 heteroatoms. The second-order valence-corrected chi connectivity index (χ2v) is 7.75. The molecule has 0 spiro atoms. The van der Waals surface area contributed by atoms with Gasteiger partial charge in [-0.3, -0.25) is 9.69 Å². The molecule has 2 heterocycles. The van der Waals surface area contributed by atoms with E-state index in [-0.39, 0.29) is 11.9 Å². The van der Waals surface area contributed by atoms with Crippen LogP contribution in [-0.2, 0) is 11.3 Å². The highest BCUT2D eigenvalue weighted by Gasteiger charge is 2.23. The molecule has 1 aromatic rings. The summed E-state index contributed by atoms with van der Waals surface area (Å²) in [5.74, 6) is 1.05. The first-order chi connectivity index (χ1) is 10.6. The van der Waals surface area contributed by atoms with Crippen molar-refractivity contribution in [3.63, 3.8) is 0 Å². The molecule has 1 atom stereocenters. The lowest BCUT2D eigenvalue weighted by Crippen LogP contribution is -2.45. The lowest BCUT2D eigenvalue weighted by atomic mass is 10.2. The molecule has 1 saturated heterocycles. The molecule has 0 unspecified atom stereocenters. The summed E-state index contributed by atoms with van der Waals surface area (Å²) in [7, 11) is 0. The molecule has 5 nitrogen and oxygen atoms in total. The van der Waals surface area contributed by atoms with E-state index in [2.05, 4.69) is 15.3 Å². The zero-order chi connectivity index (χ0) is 15.9. The molecule has 1 aliphatic rings. The highest BCUT2D eigenvalue weighted by molar-refractivity contribution is 7.98. The van der Waals surface area contributed by atoms with Gasteiger partial charge >= 0.3 is 0 Å². The van der Waals surface area contributed by atoms with Gasteiger partial charge in [-0.25, -0.2) is 4.98 Å². The van der Waals surface area contributed by atoms with E-state index in [0.29, 0.717) is 0 Å². The largest absolute Gasteiger partial charge is 0.340 e. The van der Waals surface area contributed by atoms with Crippen molar-refractivity contribution in [1.82, 2.24) is 14.8 Å². The molecule has 2 rings (SSSR count). The SMILES string of the molecule is CSCC[C@H](N)C(=O)N1CCCN(Cc2csc(C)n2)CC1. The van der Waals surface area contributed by atoms with Crippen molar-refractivity contribution in [3.8, 4) is 0 Å². The minimum absolute atomic E-state index is 0.111. The topological polar surface area (TPSA) is 62.5 Å². The van der Waals surface area contributed by atoms with Gasteiger partial charge in [-0.1, -0.05) is 0 Å². The van der Waals surface area contributed by atoms with Gasteiger partial charge in [-0.05, 0) is 31.8 Å². The number of thioether (sulfide) groups is 1. The quantitative estimate of drug-likeness (QED) is 0.850. The molecular weight excluding hydrogens is 316 g/mol. The van der Waals surface area contributed by atoms with Crippen molar-refractivity contribution in [2.75, 3.05) is 38.2 Å². The van der Waals surface area contributed by atoms with Gasteiger partial charge in [0, 0.05) is 38.1 Å². The molecule has 1 fully saturated rings. The molecule has 124 valence electrons. The molecule has 22 heavy (non-hydrogen) atoms. The number of hydrogen-bond acceptors (Lipinski definition) is 6. The van der Waals surface area contributed by atoms with Gasteiger partial charge in [0.2, 0.25) is 5.91 Å². The summed E-state index contributed by atoms with van der Waals surface area (Å²) in [6.45, 7) is 6.42. The first-order valence-electron chi connectivity index (χ1n) is 7.77. The maximum absolute atomic E-state index is 12.4. The molecule has 0 saturated carbocycles. The molecule has 2 N–H and O–H groups in total. The fourth-order valence-electron chi connectivity index (χ4n) is 2.66. The van der Waals surface area contributed by atoms with Gasteiger partial charge in [0.15, 0.2) is 0 Å². The van der Waals surface area contributed by atoms with Crippen LogP contribution in [0.4, 0.5) is 0 Å². The van der Waals surface area contributed by atoms with E-state index in [0.717, 1.165) is 62.0 Å². The fraction of sp³-hybridized carbons (Fsp3) is 0.733. The number of carbonyl (C=O) groups is 1. The Bertz CT molecular complexity index is 480. The standard InChI is InChI=1S/C15H26N4OS2/c1-12-17-13(11-22-12)10-18-5-3-6-19(8-7-18)15(20)14(16)4-9-21-2/h11,14H,3-10,16H2,1-2H3/t14-/m0/s1. The van der Waals surface area contributed by atoms with Gasteiger partial charge < -0.3 is 10.6 Å². The van der Waals surface area contributed by atoms with Crippen LogP contribution in [0.25, 0.3) is 0 Å². The maximum atomic E-state index is 12.4. The third kappa shape index (κ3) is 5.22. The van der Waals surface area contributed by atoms with Gasteiger partial charge in [0.05, 0.1) is 16.7 Å². The zero-order valence-corrected chi connectivity index (χ0v) is 15.1. The average molecular weight is 343 g/mol. The zero-order valence-electron chi connectivity index (χ0n) is 13.5. The lowest BCUT2D eigenvalue weighted by molar-refractivity contribution is -0.132. The number of amides is 1. The molecule has 0 radical (unpaired) electrons. The molecule has 1 aromatic heterocycles. The molecule has 1 aliphatic heterocycles. The summed E-state index contributed by atoms with van der Waals surface area (Å²) in [6.07, 6.45) is 3.81. The van der Waals surface area contributed by atoms with E-state index in [1.54, 1.807) is 23.1 Å². The second-order valence-electron chi connectivity index (χ2n) is 5.70. The van der Waals surface area contributed by atoms with Crippen LogP contribution in [0, 0.1) is 6.92 Å². The van der Waals surface area contributed by atoms with Crippen molar-refractivity contribution in [3.05, 3.63) is 16.1 Å². The highest BCUT2D eigenvalue weighted by Crippen LogP contribution is 2.13. The predicted molar refractivity (Wildman–Crippen MR) is 94.3 cm³/mol. The van der Waals surface area contributed by atoms with Crippen LogP contribution in [0.1, 0.15) is 23.5 Å². The minimum atomic E-state index is -0.347. The van der Waals surface area contributed by atoms with Crippen molar-refractivity contribution in [1.29, 1.82) is 0 Å². The van der Waals surface area contributed by atoms with E-state index >= 15 is 0 Å². The third-order valence-electron chi connectivity index (χ3n) is 3.90. The van der Waals surface area contributed by atoms with Crippen molar-refractivity contribution < 1.29 is 4.79 Å². The average Bonchev–Trinajstić information content (AvgIpc) is 2.78. The molecule has 0 bridgehead atoms. The molecular formula is C15H26N4OS2. The van der Waals surface area contributed by atoms with Crippen molar-refractivity contribution in [2.45, 2.75) is 32.4 Å². The van der Waals surface area contributed by atoms with Gasteiger partial charge in [-0.15, -0.1) is 11.3 Å². The number of aryl methyl sites for hydroxylation is 1. The number of nitrogens with zero attached hydrogens (tertiary/aromatic N) is 3. The number of thiazole rings is 1. The van der Waals surface area contributed by atoms with E-state index in [9.17, 15) is 4.79 Å². The number of aromatic nitrogens is 1. The van der Waals surface area contributed by atoms with E-state index in [1.165, 1.54) is 0 Å². The Kier molecular flexibility index (Phi) is 7.14. The number of carbonyl (C=O) groups excluding carboxylic acids is 1. The highest BCUT2D eigenvalue weighted by atomic mass is 32.2. The number of nitrogens with two attached hydrogens (primary N) is 1. The lowest BCUT2D eigenvalue weighted by Gasteiger charge is -2.24. The summed E-state index contributed by atoms with van der Waals surface area (Å²) in [6, 6.07) is -0.347. The summed E-state index contributed by atoms with van der Waals surface area (Å²) >= 11 is 3.43. The first kappa shape index (κ1) is 17.7. The van der Waals surface area contributed by atoms with E-state index in [4.69, 9.17) is 5.73 Å². The maximum Gasteiger partial charge on any atom is 0.239 e. The first-order valence-corrected chi connectivity index (χ1v) is 10.0. The summed E-state index contributed by atoms with van der Waals surface area (Å²) in [5, 5.41) is 3.24. The van der Waals surface area contributed by atoms with Crippen LogP contribution >= 0.6 is 23.1 Å². The van der Waals surface area contributed by atoms with Crippen molar-refractivity contribution >= 4 is 29.0 Å². The summed E-state index contributed by atoms with van der Waals surface area (Å²) in [4.78, 5) is 21.2. The second kappa shape index (κ2) is 8.86. The minimum Gasteiger partial charge on any atom is -0.340 e. The van der Waals surface area contributed by atoms with Gasteiger partial charge in [0.25, 0.3) is 0 Å². The Morgan fingerprint density at radius 3 is 2.95 bits per heavy atom. The molecule has 0 aliphatic carbocycles. The van der Waals surface area contributed by atoms with Crippen LogP contribution in [0.3, 0.4) is 0 Å². The van der Waals surface area contributed by atoms with Gasteiger partial charge in [-0.2, -0.15) is 11.8 Å². The van der Waals surface area contributed by atoms with Crippen molar-refractivity contribution in [2.24, 2.45) is 5.73 Å². The number of hydrogen-bond donors (Lipinski definition) is 1. The van der Waals surface area contributed by atoms with Crippen LogP contribution in [0.2, 0.25) is 0 Å². The van der Waals surface area contributed by atoms with Crippen LogP contribution in [0.15, 0.2) is 5.38 Å². The Morgan fingerprint density at radius 2 is 2.27 bits per heavy atom. The van der Waals surface area contributed by atoms with E-state index < -0.39 is 0 Å². The van der Waals surface area contributed by atoms with Crippen LogP contribution in [0.5, 0.6) is 0 Å². The predicted octanol–water partition coefficient (Wildman–Crippen LogP) is 1.57. The fourth-order valence-corrected chi connectivity index (χ4v) is 3.76. The molecule has 1 amide bonds. The monoisotopic (exact) mass is 342 g/mol. The van der Waals surface area contributed by atoms with Crippen LogP contribution < -0.4 is 5.73 Å². The van der Waals surface area contributed by atoms with Gasteiger partial charge in [0.1, 0.15) is 0 Å². The smallest absolute Gasteiger partial charge is 0.239 e. The van der Waals surface area contributed by atoms with E-state index in [1.807, 2.05) is 18.1 Å².